The normalized spacial score (nSPS) is 31.6. The lowest BCUT2D eigenvalue weighted by Gasteiger charge is -2.37. The summed E-state index contributed by atoms with van der Waals surface area (Å²) in [5, 5.41) is 3.28. The number of sulfonamides is 1. The first-order valence-electron chi connectivity index (χ1n) is 9.62. The van der Waals surface area contributed by atoms with Gasteiger partial charge in [0.05, 0.1) is 19.0 Å². The molecular formula is C19H27F3N2O3S. The SMILES string of the molecule is CS(=O)(=O)N[C@H]1CCCN[C@H]1COC1CCC(F)(c2cc(F)cc(F)c2)CC1. The molecule has 2 N–H and O–H groups in total. The zero-order chi connectivity index (χ0) is 20.4. The van der Waals surface area contributed by atoms with Gasteiger partial charge in [0.25, 0.3) is 0 Å². The fraction of sp³-hybridized carbons (Fsp3) is 0.684. The van der Waals surface area contributed by atoms with Crippen LogP contribution in [0.3, 0.4) is 0 Å². The van der Waals surface area contributed by atoms with E-state index in [1.54, 1.807) is 0 Å². The second-order valence-electron chi connectivity index (χ2n) is 7.86. The summed E-state index contributed by atoms with van der Waals surface area (Å²) in [4.78, 5) is 0. The van der Waals surface area contributed by atoms with E-state index in [2.05, 4.69) is 10.0 Å². The Morgan fingerprint density at radius 1 is 1.18 bits per heavy atom. The minimum atomic E-state index is -3.31. The topological polar surface area (TPSA) is 67.4 Å². The van der Waals surface area contributed by atoms with Gasteiger partial charge in [0.15, 0.2) is 0 Å². The monoisotopic (exact) mass is 420 g/mol. The van der Waals surface area contributed by atoms with Crippen LogP contribution in [0.25, 0.3) is 0 Å². The van der Waals surface area contributed by atoms with Gasteiger partial charge in [0.1, 0.15) is 17.3 Å². The molecule has 0 amide bonds. The van der Waals surface area contributed by atoms with Crippen LogP contribution in [-0.4, -0.2) is 46.0 Å². The highest BCUT2D eigenvalue weighted by Crippen LogP contribution is 2.42. The molecule has 1 aromatic rings. The lowest BCUT2D eigenvalue weighted by Crippen LogP contribution is -2.55. The van der Waals surface area contributed by atoms with Gasteiger partial charge in [-0.2, -0.15) is 0 Å². The van der Waals surface area contributed by atoms with Gasteiger partial charge in [-0.25, -0.2) is 26.3 Å². The van der Waals surface area contributed by atoms with E-state index in [0.29, 0.717) is 19.4 Å². The Hall–Kier alpha value is -1.16. The Labute approximate surface area is 164 Å². The van der Waals surface area contributed by atoms with Gasteiger partial charge >= 0.3 is 0 Å². The predicted molar refractivity (Wildman–Crippen MR) is 100 cm³/mol. The third-order valence-corrected chi connectivity index (χ3v) is 6.30. The van der Waals surface area contributed by atoms with Gasteiger partial charge in [-0.1, -0.05) is 0 Å². The van der Waals surface area contributed by atoms with Gasteiger partial charge in [-0.05, 0) is 62.8 Å². The van der Waals surface area contributed by atoms with E-state index < -0.39 is 27.3 Å². The van der Waals surface area contributed by atoms with Crippen molar-refractivity contribution in [2.75, 3.05) is 19.4 Å². The molecule has 1 saturated heterocycles. The number of hydrogen-bond acceptors (Lipinski definition) is 4. The number of nitrogens with one attached hydrogen (secondary N) is 2. The van der Waals surface area contributed by atoms with Crippen LogP contribution in [0.1, 0.15) is 44.1 Å². The van der Waals surface area contributed by atoms with Crippen molar-refractivity contribution >= 4 is 10.0 Å². The van der Waals surface area contributed by atoms with E-state index >= 15 is 4.39 Å². The Morgan fingerprint density at radius 2 is 1.82 bits per heavy atom. The zero-order valence-corrected chi connectivity index (χ0v) is 16.7. The van der Waals surface area contributed by atoms with E-state index in [-0.39, 0.29) is 36.6 Å². The number of rotatable bonds is 6. The van der Waals surface area contributed by atoms with Gasteiger partial charge in [-0.3, -0.25) is 0 Å². The van der Waals surface area contributed by atoms with Gasteiger partial charge in [0.2, 0.25) is 10.0 Å². The van der Waals surface area contributed by atoms with Crippen LogP contribution in [0.5, 0.6) is 0 Å². The number of hydrogen-bond donors (Lipinski definition) is 2. The van der Waals surface area contributed by atoms with Crippen LogP contribution in [0.15, 0.2) is 18.2 Å². The molecule has 1 aromatic carbocycles. The molecule has 1 aliphatic heterocycles. The molecule has 1 aliphatic carbocycles. The van der Waals surface area contributed by atoms with Crippen LogP contribution < -0.4 is 10.0 Å². The molecule has 0 spiro atoms. The van der Waals surface area contributed by atoms with Gasteiger partial charge in [-0.15, -0.1) is 0 Å². The van der Waals surface area contributed by atoms with Crippen LogP contribution in [0.2, 0.25) is 0 Å². The Morgan fingerprint density at radius 3 is 2.43 bits per heavy atom. The van der Waals surface area contributed by atoms with Crippen molar-refractivity contribution in [1.29, 1.82) is 0 Å². The molecule has 9 heteroatoms. The third kappa shape index (κ3) is 5.68. The molecule has 2 fully saturated rings. The van der Waals surface area contributed by atoms with Crippen molar-refractivity contribution in [1.82, 2.24) is 10.0 Å². The molecule has 2 aliphatic rings. The molecule has 158 valence electrons. The van der Waals surface area contributed by atoms with E-state index in [4.69, 9.17) is 4.74 Å². The molecule has 1 heterocycles. The summed E-state index contributed by atoms with van der Waals surface area (Å²) in [6, 6.07) is 2.47. The van der Waals surface area contributed by atoms with Crippen molar-refractivity contribution in [2.45, 2.75) is 62.4 Å². The lowest BCUT2D eigenvalue weighted by molar-refractivity contribution is -0.0294. The maximum absolute atomic E-state index is 15.2. The molecule has 0 unspecified atom stereocenters. The molecule has 5 nitrogen and oxygen atoms in total. The first-order chi connectivity index (χ1) is 13.1. The first-order valence-corrected chi connectivity index (χ1v) is 11.5. The Balaban J connectivity index is 1.53. The maximum Gasteiger partial charge on any atom is 0.209 e. The molecule has 3 rings (SSSR count). The van der Waals surface area contributed by atoms with Crippen LogP contribution in [-0.2, 0) is 20.4 Å². The summed E-state index contributed by atoms with van der Waals surface area (Å²) < 4.78 is 73.7. The van der Waals surface area contributed by atoms with Crippen LogP contribution >= 0.6 is 0 Å². The molecule has 1 saturated carbocycles. The minimum absolute atomic E-state index is 0.0369. The predicted octanol–water partition coefficient (Wildman–Crippen LogP) is 2.76. The number of alkyl halides is 1. The molecule has 0 aromatic heterocycles. The van der Waals surface area contributed by atoms with Crippen molar-refractivity contribution in [3.8, 4) is 0 Å². The van der Waals surface area contributed by atoms with Gasteiger partial charge < -0.3 is 10.1 Å². The Kier molecular flexibility index (Phi) is 6.69. The number of piperidine rings is 1. The highest BCUT2D eigenvalue weighted by atomic mass is 32.2. The summed E-state index contributed by atoms with van der Waals surface area (Å²) in [7, 11) is -3.31. The molecule has 28 heavy (non-hydrogen) atoms. The maximum atomic E-state index is 15.2. The molecular weight excluding hydrogens is 393 g/mol. The largest absolute Gasteiger partial charge is 0.377 e. The average molecular weight is 420 g/mol. The van der Waals surface area contributed by atoms with Crippen molar-refractivity contribution in [3.63, 3.8) is 0 Å². The highest BCUT2D eigenvalue weighted by molar-refractivity contribution is 7.88. The third-order valence-electron chi connectivity index (χ3n) is 5.57. The average Bonchev–Trinajstić information content (AvgIpc) is 2.60. The summed E-state index contributed by atoms with van der Waals surface area (Å²) in [6.07, 6.45) is 3.71. The molecule has 0 bridgehead atoms. The fourth-order valence-electron chi connectivity index (χ4n) is 4.10. The fourth-order valence-corrected chi connectivity index (χ4v) is 4.93. The minimum Gasteiger partial charge on any atom is -0.377 e. The smallest absolute Gasteiger partial charge is 0.209 e. The summed E-state index contributed by atoms with van der Waals surface area (Å²) in [6.45, 7) is 1.12. The number of ether oxygens (including phenoxy) is 1. The van der Waals surface area contributed by atoms with Crippen molar-refractivity contribution in [3.05, 3.63) is 35.4 Å². The Bertz CT molecular complexity index is 762. The molecule has 0 radical (unpaired) electrons. The summed E-state index contributed by atoms with van der Waals surface area (Å²) >= 11 is 0. The van der Waals surface area contributed by atoms with E-state index in [1.807, 2.05) is 0 Å². The number of halogens is 3. The quantitative estimate of drug-likeness (QED) is 0.743. The highest BCUT2D eigenvalue weighted by Gasteiger charge is 2.38. The second kappa shape index (κ2) is 8.69. The first kappa shape index (κ1) is 21.5. The lowest BCUT2D eigenvalue weighted by atomic mass is 9.80. The van der Waals surface area contributed by atoms with E-state index in [0.717, 1.165) is 43.8 Å². The standard InChI is InChI=1S/C19H27F3N2O3S/c1-28(25,26)24-17-3-2-8-23-18(17)12-27-16-4-6-19(22,7-5-16)13-9-14(20)11-15(21)10-13/h9-11,16-18,23-24H,2-8,12H2,1H3/t16?,17-,18-,19?/m0/s1. The number of benzene rings is 1. The van der Waals surface area contributed by atoms with Crippen molar-refractivity contribution < 1.29 is 26.3 Å². The molecule has 2 atom stereocenters. The second-order valence-corrected chi connectivity index (χ2v) is 9.64. The van der Waals surface area contributed by atoms with E-state index in [9.17, 15) is 17.2 Å². The summed E-state index contributed by atoms with van der Waals surface area (Å²) in [5.74, 6) is -1.56. The zero-order valence-electron chi connectivity index (χ0n) is 15.9. The summed E-state index contributed by atoms with van der Waals surface area (Å²) in [5.41, 5.74) is -1.72. The van der Waals surface area contributed by atoms with Crippen LogP contribution in [0.4, 0.5) is 13.2 Å². The van der Waals surface area contributed by atoms with E-state index in [1.165, 1.54) is 0 Å². The van der Waals surface area contributed by atoms with Crippen molar-refractivity contribution in [2.24, 2.45) is 0 Å². The van der Waals surface area contributed by atoms with Gasteiger partial charge in [0, 0.05) is 18.2 Å². The van der Waals surface area contributed by atoms with Crippen LogP contribution in [0, 0.1) is 11.6 Å².